The van der Waals surface area contributed by atoms with Crippen LogP contribution >= 0.6 is 11.6 Å². The van der Waals surface area contributed by atoms with Gasteiger partial charge in [0.1, 0.15) is 18.1 Å². The van der Waals surface area contributed by atoms with Gasteiger partial charge in [-0.05, 0) is 135 Å². The summed E-state index contributed by atoms with van der Waals surface area (Å²) < 4.78 is 54.8. The van der Waals surface area contributed by atoms with Crippen LogP contribution in [0.3, 0.4) is 0 Å². The van der Waals surface area contributed by atoms with Crippen LogP contribution in [0.5, 0.6) is 5.75 Å². The molecule has 63 heavy (non-hydrogen) atoms. The lowest BCUT2D eigenvalue weighted by atomic mass is 9.96. The zero-order valence-electron chi connectivity index (χ0n) is 37.5. The maximum atomic E-state index is 12.9. The van der Waals surface area contributed by atoms with Gasteiger partial charge in [-0.1, -0.05) is 113 Å². The largest absolute Gasteiger partial charge is 0.489 e. The van der Waals surface area contributed by atoms with Crippen molar-refractivity contribution in [3.8, 4) is 16.9 Å². The van der Waals surface area contributed by atoms with Gasteiger partial charge in [-0.25, -0.2) is 9.78 Å². The molecule has 0 spiro atoms. The number of carbonyl (C=O) groups is 2. The molecule has 1 N–H and O–H groups in total. The van der Waals surface area contributed by atoms with E-state index in [1.807, 2.05) is 80.6 Å². The smallest absolute Gasteiger partial charge is 0.416 e. The first kappa shape index (κ1) is 52.3. The second kappa shape index (κ2) is 29.4. The average molecular weight is 890 g/mol. The molecule has 4 aromatic carbocycles. The van der Waals surface area contributed by atoms with E-state index in [9.17, 15) is 22.8 Å². The number of rotatable bonds is 18. The number of unbranched alkanes of at least 4 members (excludes halogenated alkanes) is 2. The van der Waals surface area contributed by atoms with E-state index in [4.69, 9.17) is 25.8 Å². The predicted octanol–water partition coefficient (Wildman–Crippen LogP) is 13.2. The third-order valence-electron chi connectivity index (χ3n) is 10.1. The molecule has 11 heteroatoms. The van der Waals surface area contributed by atoms with Crippen molar-refractivity contribution in [1.29, 1.82) is 0 Å². The number of para-hydroxylation sites is 1. The number of pyridine rings is 1. The van der Waals surface area contributed by atoms with Gasteiger partial charge in [0.15, 0.2) is 6.29 Å². The number of halogens is 4. The maximum Gasteiger partial charge on any atom is 0.416 e. The Balaban J connectivity index is 0.000000432. The molecule has 0 saturated carbocycles. The minimum atomic E-state index is -4.37. The van der Waals surface area contributed by atoms with Crippen LogP contribution in [0.25, 0.3) is 11.1 Å². The van der Waals surface area contributed by atoms with Gasteiger partial charge < -0.3 is 19.5 Å². The monoisotopic (exact) mass is 888 g/mol. The number of ether oxygens (including phenoxy) is 3. The SMILES string of the molecule is CC.CCCCOC.CCCCOC(=O)c1ccc(CCNCCc2ccccc2OCc2ccc(-c3ccc(C(F)(F)F)cc3)cc2Cl)cc1.O=Cc1ccc2c(n1)CCCC2. The number of alkyl halides is 3. The fourth-order valence-electron chi connectivity index (χ4n) is 6.44. The number of benzene rings is 4. The van der Waals surface area contributed by atoms with Crippen molar-refractivity contribution in [2.45, 2.75) is 105 Å². The third kappa shape index (κ3) is 18.7. The number of hydrogen-bond donors (Lipinski definition) is 1. The van der Waals surface area contributed by atoms with Crippen LogP contribution in [0, 0.1) is 0 Å². The van der Waals surface area contributed by atoms with Gasteiger partial charge >= 0.3 is 12.1 Å². The van der Waals surface area contributed by atoms with E-state index in [2.05, 4.69) is 24.1 Å². The van der Waals surface area contributed by atoms with Gasteiger partial charge in [0.05, 0.1) is 17.7 Å². The predicted molar refractivity (Wildman–Crippen MR) is 249 cm³/mol. The number of aryl methyl sites for hydroxylation is 2. The maximum absolute atomic E-state index is 12.9. The molecule has 340 valence electrons. The number of methoxy groups -OCH3 is 1. The Morgan fingerprint density at radius 2 is 1.46 bits per heavy atom. The first-order chi connectivity index (χ1) is 30.6. The molecule has 0 bridgehead atoms. The van der Waals surface area contributed by atoms with Crippen LogP contribution in [0.15, 0.2) is 103 Å². The Morgan fingerprint density at radius 3 is 2.11 bits per heavy atom. The van der Waals surface area contributed by atoms with Crippen molar-refractivity contribution in [3.63, 3.8) is 0 Å². The van der Waals surface area contributed by atoms with Crippen LogP contribution in [0.2, 0.25) is 5.02 Å². The van der Waals surface area contributed by atoms with Crippen molar-refractivity contribution in [3.05, 3.63) is 153 Å². The number of aromatic nitrogens is 1. The first-order valence-corrected chi connectivity index (χ1v) is 22.5. The molecule has 0 radical (unpaired) electrons. The van der Waals surface area contributed by atoms with E-state index in [-0.39, 0.29) is 12.6 Å². The normalized spacial score (nSPS) is 11.6. The van der Waals surface area contributed by atoms with Crippen molar-refractivity contribution in [1.82, 2.24) is 10.3 Å². The summed E-state index contributed by atoms with van der Waals surface area (Å²) in [4.78, 5) is 26.8. The molecule has 1 aliphatic carbocycles. The summed E-state index contributed by atoms with van der Waals surface area (Å²) in [5, 5.41) is 3.95. The summed E-state index contributed by atoms with van der Waals surface area (Å²) in [5.41, 5.74) is 7.28. The quantitative estimate of drug-likeness (QED) is 0.0533. The number of fused-ring (bicyclic) bond motifs is 1. The highest BCUT2D eigenvalue weighted by Gasteiger charge is 2.30. The van der Waals surface area contributed by atoms with Crippen LogP contribution in [-0.2, 0) is 47.9 Å². The zero-order chi connectivity index (χ0) is 45.9. The Morgan fingerprint density at radius 1 is 0.794 bits per heavy atom. The first-order valence-electron chi connectivity index (χ1n) is 22.1. The van der Waals surface area contributed by atoms with Crippen LogP contribution in [-0.4, -0.2) is 50.7 Å². The van der Waals surface area contributed by atoms with E-state index >= 15 is 0 Å². The molecule has 5 aromatic rings. The molecule has 7 nitrogen and oxygen atoms in total. The van der Waals surface area contributed by atoms with Gasteiger partial charge in [0.25, 0.3) is 0 Å². The lowest BCUT2D eigenvalue weighted by molar-refractivity contribution is -0.137. The van der Waals surface area contributed by atoms with E-state index in [0.717, 1.165) is 110 Å². The average Bonchev–Trinajstić information content (AvgIpc) is 3.31. The summed E-state index contributed by atoms with van der Waals surface area (Å²) in [7, 11) is 1.73. The van der Waals surface area contributed by atoms with Crippen molar-refractivity contribution < 1.29 is 37.0 Å². The second-order valence-electron chi connectivity index (χ2n) is 14.7. The molecule has 1 heterocycles. The number of hydrogen-bond acceptors (Lipinski definition) is 7. The van der Waals surface area contributed by atoms with Gasteiger partial charge in [0.2, 0.25) is 0 Å². The van der Waals surface area contributed by atoms with Crippen molar-refractivity contribution in [2.75, 3.05) is 33.4 Å². The highest BCUT2D eigenvalue weighted by Crippen LogP contribution is 2.32. The van der Waals surface area contributed by atoms with Crippen molar-refractivity contribution in [2.24, 2.45) is 0 Å². The highest BCUT2D eigenvalue weighted by atomic mass is 35.5. The third-order valence-corrected chi connectivity index (χ3v) is 10.4. The topological polar surface area (TPSA) is 86.8 Å². The Bertz CT molecular complexity index is 2070. The van der Waals surface area contributed by atoms with Gasteiger partial charge in [-0.3, -0.25) is 4.79 Å². The van der Waals surface area contributed by atoms with Gasteiger partial charge in [0, 0.05) is 30.0 Å². The summed E-state index contributed by atoms with van der Waals surface area (Å²) in [6.45, 7) is 11.4. The lowest BCUT2D eigenvalue weighted by Crippen LogP contribution is -2.20. The molecule has 6 rings (SSSR count). The van der Waals surface area contributed by atoms with Crippen LogP contribution in [0.4, 0.5) is 13.2 Å². The zero-order valence-corrected chi connectivity index (χ0v) is 38.3. The number of nitrogens with one attached hydrogen (secondary N) is 1. The molecular formula is C52H64ClF3N2O5. The molecule has 0 saturated heterocycles. The fourth-order valence-corrected chi connectivity index (χ4v) is 6.67. The number of carbonyl (C=O) groups excluding carboxylic acids is 2. The molecule has 0 amide bonds. The fraction of sp³-hybridized carbons (Fsp3) is 0.404. The Hall–Kier alpha value is -5.03. The van der Waals surface area contributed by atoms with E-state index < -0.39 is 11.7 Å². The molecule has 0 fully saturated rings. The lowest BCUT2D eigenvalue weighted by Gasteiger charge is -2.14. The molecule has 0 atom stereocenters. The van der Waals surface area contributed by atoms with E-state index in [1.165, 1.54) is 43.4 Å². The van der Waals surface area contributed by atoms with E-state index in [0.29, 0.717) is 28.5 Å². The summed E-state index contributed by atoms with van der Waals surface area (Å²) in [6.07, 6.45) is 6.97. The Kier molecular flexibility index (Phi) is 24.4. The molecule has 0 unspecified atom stereocenters. The molecule has 1 aromatic heterocycles. The summed E-state index contributed by atoms with van der Waals surface area (Å²) in [5.74, 6) is 0.491. The van der Waals surface area contributed by atoms with Crippen LogP contribution in [0.1, 0.15) is 121 Å². The van der Waals surface area contributed by atoms with Gasteiger partial charge in [-0.15, -0.1) is 0 Å². The minimum absolute atomic E-state index is 0.263. The van der Waals surface area contributed by atoms with Gasteiger partial charge in [-0.2, -0.15) is 13.2 Å². The number of esters is 1. The van der Waals surface area contributed by atoms with E-state index in [1.54, 1.807) is 19.2 Å². The number of nitrogens with zero attached hydrogens (tertiary/aromatic N) is 1. The van der Waals surface area contributed by atoms with Crippen LogP contribution < -0.4 is 10.1 Å². The molecule has 1 aliphatic rings. The van der Waals surface area contributed by atoms with Crippen molar-refractivity contribution >= 4 is 23.9 Å². The number of aldehydes is 1. The second-order valence-corrected chi connectivity index (χ2v) is 15.1. The molecule has 0 aliphatic heterocycles. The molecular weight excluding hydrogens is 825 g/mol. The summed E-state index contributed by atoms with van der Waals surface area (Å²) in [6, 6.07) is 29.7. The highest BCUT2D eigenvalue weighted by molar-refractivity contribution is 6.31. The summed E-state index contributed by atoms with van der Waals surface area (Å²) >= 11 is 6.51. The standard InChI is InChI=1S/C35H35ClF3NO3.C10H11NO.C5H12O.C2H6/c1-2-3-22-42-34(41)28-10-8-25(9-11-28)18-20-40-21-19-27-6-4-5-7-33(27)43-24-30-13-12-29(23-32(30)36)26-14-16-31(17-15-26)35(37,38)39;12-7-9-6-5-8-3-1-2-4-10(8)11-9;1-3-4-5-6-2;1-2/h4-17,23,40H,2-3,18-22,24H2,1H3;5-7H,1-4H2;3-5H2,1-2H3;1-2H3. The Labute approximate surface area is 377 Å². The minimum Gasteiger partial charge on any atom is -0.489 e.